The molecule has 1 aromatic heterocycles. The van der Waals surface area contributed by atoms with Crippen LogP contribution in [-0.2, 0) is 16.6 Å². The van der Waals surface area contributed by atoms with Crippen molar-refractivity contribution >= 4 is 21.4 Å². The smallest absolute Gasteiger partial charge is 0.236 e. The van der Waals surface area contributed by atoms with Gasteiger partial charge < -0.3 is 0 Å². The van der Waals surface area contributed by atoms with Gasteiger partial charge in [-0.25, -0.2) is 18.1 Å². The van der Waals surface area contributed by atoms with E-state index in [2.05, 4.69) is 4.72 Å². The van der Waals surface area contributed by atoms with E-state index in [1.165, 1.54) is 0 Å². The van der Waals surface area contributed by atoms with E-state index in [0.29, 0.717) is 0 Å². The van der Waals surface area contributed by atoms with Gasteiger partial charge in [-0.2, -0.15) is 0 Å². The van der Waals surface area contributed by atoms with Crippen molar-refractivity contribution in [2.45, 2.75) is 11.4 Å². The Kier molecular flexibility index (Phi) is 5.34. The summed E-state index contributed by atoms with van der Waals surface area (Å²) in [6.07, 6.45) is 0. The van der Waals surface area contributed by atoms with E-state index in [4.69, 9.17) is 4.98 Å². The topological polar surface area (TPSA) is 59.1 Å². The maximum Gasteiger partial charge on any atom is 0.240 e. The van der Waals surface area contributed by atoms with Crippen molar-refractivity contribution in [3.05, 3.63) is 95.9 Å². The highest BCUT2D eigenvalue weighted by Crippen LogP contribution is 2.28. The number of sulfonamides is 1. The Morgan fingerprint density at radius 3 is 2.11 bits per heavy atom. The number of hydrogen-bond acceptors (Lipinski definition) is 4. The summed E-state index contributed by atoms with van der Waals surface area (Å²) in [5.74, 6) is 0. The van der Waals surface area contributed by atoms with E-state index in [1.807, 2.05) is 60.0 Å². The summed E-state index contributed by atoms with van der Waals surface area (Å²) in [5, 5.41) is 2.99. The fourth-order valence-corrected chi connectivity index (χ4v) is 4.65. The molecule has 0 unspecified atom stereocenters. The van der Waals surface area contributed by atoms with Crippen molar-refractivity contribution in [3.8, 4) is 21.8 Å². The highest BCUT2D eigenvalue weighted by Gasteiger charge is 2.13. The summed E-state index contributed by atoms with van der Waals surface area (Å²) in [7, 11) is -3.51. The highest BCUT2D eigenvalue weighted by molar-refractivity contribution is 7.89. The number of hydrogen-bond donors (Lipinski definition) is 1. The molecule has 3 aromatic carbocycles. The van der Waals surface area contributed by atoms with Crippen molar-refractivity contribution in [3.63, 3.8) is 0 Å². The number of nitrogens with zero attached hydrogens (tertiary/aromatic N) is 1. The van der Waals surface area contributed by atoms with Gasteiger partial charge in [0.05, 0.1) is 10.6 Å². The van der Waals surface area contributed by atoms with Gasteiger partial charge in [0, 0.05) is 23.1 Å². The molecule has 0 aliphatic rings. The summed E-state index contributed by atoms with van der Waals surface area (Å²) in [6, 6.07) is 26.2. The Hall–Kier alpha value is -2.80. The molecule has 0 bridgehead atoms. The first kappa shape index (κ1) is 18.6. The fourth-order valence-electron chi connectivity index (χ4n) is 2.77. The van der Waals surface area contributed by atoms with E-state index in [1.54, 1.807) is 41.7 Å². The van der Waals surface area contributed by atoms with Gasteiger partial charge >= 0.3 is 0 Å². The molecule has 1 heterocycles. The molecule has 140 valence electrons. The van der Waals surface area contributed by atoms with Crippen LogP contribution < -0.4 is 4.72 Å². The maximum atomic E-state index is 12.3. The van der Waals surface area contributed by atoms with E-state index >= 15 is 0 Å². The number of benzene rings is 3. The van der Waals surface area contributed by atoms with Gasteiger partial charge in [-0.1, -0.05) is 72.8 Å². The van der Waals surface area contributed by atoms with Gasteiger partial charge in [0.1, 0.15) is 5.01 Å². The van der Waals surface area contributed by atoms with Gasteiger partial charge in [-0.05, 0) is 17.7 Å². The minimum absolute atomic E-state index is 0.241. The zero-order valence-electron chi connectivity index (χ0n) is 14.9. The third-order valence-corrected chi connectivity index (χ3v) is 6.60. The van der Waals surface area contributed by atoms with Crippen molar-refractivity contribution in [2.75, 3.05) is 0 Å². The summed E-state index contributed by atoms with van der Waals surface area (Å²) < 4.78 is 27.3. The van der Waals surface area contributed by atoms with Crippen LogP contribution in [0.1, 0.15) is 5.56 Å². The second kappa shape index (κ2) is 8.06. The number of thiazole rings is 1. The van der Waals surface area contributed by atoms with Gasteiger partial charge in [0.15, 0.2) is 0 Å². The standard InChI is InChI=1S/C22H18N2O2S2/c25-28(26,20-9-5-2-6-10-20)23-15-17-11-13-19(14-12-17)22-24-21(16-27-22)18-7-3-1-4-8-18/h1-14,16,23H,15H2. The summed E-state index contributed by atoms with van der Waals surface area (Å²) in [5.41, 5.74) is 3.96. The Labute approximate surface area is 168 Å². The predicted molar refractivity (Wildman–Crippen MR) is 113 cm³/mol. The molecule has 4 rings (SSSR count). The molecular weight excluding hydrogens is 388 g/mol. The molecule has 0 atom stereocenters. The van der Waals surface area contributed by atoms with Crippen LogP contribution >= 0.6 is 11.3 Å². The molecule has 28 heavy (non-hydrogen) atoms. The number of nitrogens with one attached hydrogen (secondary N) is 1. The molecule has 1 N–H and O–H groups in total. The monoisotopic (exact) mass is 406 g/mol. The van der Waals surface area contributed by atoms with Crippen LogP contribution in [0, 0.1) is 0 Å². The minimum atomic E-state index is -3.51. The maximum absolute atomic E-state index is 12.3. The van der Waals surface area contributed by atoms with Crippen LogP contribution in [0.3, 0.4) is 0 Å². The molecule has 6 heteroatoms. The van der Waals surface area contributed by atoms with Crippen molar-refractivity contribution in [1.29, 1.82) is 0 Å². The molecule has 0 spiro atoms. The van der Waals surface area contributed by atoms with Crippen molar-refractivity contribution < 1.29 is 8.42 Å². The lowest BCUT2D eigenvalue weighted by molar-refractivity contribution is 0.581. The van der Waals surface area contributed by atoms with Crippen LogP contribution in [0.5, 0.6) is 0 Å². The van der Waals surface area contributed by atoms with E-state index < -0.39 is 10.0 Å². The molecule has 0 fully saturated rings. The van der Waals surface area contributed by atoms with Crippen LogP contribution in [0.4, 0.5) is 0 Å². The van der Waals surface area contributed by atoms with E-state index in [9.17, 15) is 8.42 Å². The lowest BCUT2D eigenvalue weighted by atomic mass is 10.1. The van der Waals surface area contributed by atoms with Crippen LogP contribution in [-0.4, -0.2) is 13.4 Å². The third kappa shape index (κ3) is 4.20. The molecule has 4 nitrogen and oxygen atoms in total. The first-order valence-electron chi connectivity index (χ1n) is 8.77. The molecule has 0 amide bonds. The van der Waals surface area contributed by atoms with Crippen molar-refractivity contribution in [2.24, 2.45) is 0 Å². The summed E-state index contributed by atoms with van der Waals surface area (Å²) in [6.45, 7) is 0.241. The van der Waals surface area contributed by atoms with Gasteiger partial charge in [0.25, 0.3) is 0 Å². The summed E-state index contributed by atoms with van der Waals surface area (Å²) in [4.78, 5) is 4.98. The molecule has 0 saturated heterocycles. The van der Waals surface area contributed by atoms with Crippen LogP contribution in [0.15, 0.2) is 95.2 Å². The lowest BCUT2D eigenvalue weighted by Gasteiger charge is -2.07. The van der Waals surface area contributed by atoms with E-state index in [-0.39, 0.29) is 11.4 Å². The second-order valence-electron chi connectivity index (χ2n) is 6.24. The SMILES string of the molecule is O=S(=O)(NCc1ccc(-c2nc(-c3ccccc3)cs2)cc1)c1ccccc1. The van der Waals surface area contributed by atoms with Crippen LogP contribution in [0.25, 0.3) is 21.8 Å². The summed E-state index contributed by atoms with van der Waals surface area (Å²) >= 11 is 1.60. The average Bonchev–Trinajstić information content (AvgIpc) is 3.24. The van der Waals surface area contributed by atoms with Gasteiger partial charge in [-0.3, -0.25) is 0 Å². The van der Waals surface area contributed by atoms with Crippen molar-refractivity contribution in [1.82, 2.24) is 9.71 Å². The first-order valence-corrected chi connectivity index (χ1v) is 11.1. The zero-order chi connectivity index (χ0) is 19.4. The Morgan fingerprint density at radius 1 is 0.786 bits per heavy atom. The lowest BCUT2D eigenvalue weighted by Crippen LogP contribution is -2.23. The number of aromatic nitrogens is 1. The normalized spacial score (nSPS) is 11.4. The highest BCUT2D eigenvalue weighted by atomic mass is 32.2. The molecule has 0 aliphatic heterocycles. The Balaban J connectivity index is 1.45. The molecule has 0 radical (unpaired) electrons. The minimum Gasteiger partial charge on any atom is -0.236 e. The quantitative estimate of drug-likeness (QED) is 0.493. The first-order chi connectivity index (χ1) is 13.6. The third-order valence-electron chi connectivity index (χ3n) is 4.29. The van der Waals surface area contributed by atoms with Crippen LogP contribution in [0.2, 0.25) is 0 Å². The largest absolute Gasteiger partial charge is 0.240 e. The molecule has 4 aromatic rings. The fraction of sp³-hybridized carbons (Fsp3) is 0.0455. The Bertz CT molecular complexity index is 1150. The predicted octanol–water partition coefficient (Wildman–Crippen LogP) is 4.96. The molecule has 0 saturated carbocycles. The number of rotatable bonds is 6. The molecule has 0 aliphatic carbocycles. The van der Waals surface area contributed by atoms with Gasteiger partial charge in [0.2, 0.25) is 10.0 Å². The zero-order valence-corrected chi connectivity index (χ0v) is 16.6. The second-order valence-corrected chi connectivity index (χ2v) is 8.86. The average molecular weight is 407 g/mol. The Morgan fingerprint density at radius 2 is 1.43 bits per heavy atom. The van der Waals surface area contributed by atoms with E-state index in [0.717, 1.165) is 27.4 Å². The molecular formula is C22H18N2O2S2. The van der Waals surface area contributed by atoms with Gasteiger partial charge in [-0.15, -0.1) is 11.3 Å².